The second-order valence-corrected chi connectivity index (χ2v) is 4.26. The van der Waals surface area contributed by atoms with E-state index in [0.29, 0.717) is 0 Å². The zero-order chi connectivity index (χ0) is 13.5. The Kier molecular flexibility index (Phi) is 5.17. The number of esters is 1. The van der Waals surface area contributed by atoms with E-state index < -0.39 is 18.1 Å². The summed E-state index contributed by atoms with van der Waals surface area (Å²) in [6.07, 6.45) is -1.23. The molecule has 0 aliphatic carbocycles. The van der Waals surface area contributed by atoms with E-state index >= 15 is 0 Å². The van der Waals surface area contributed by atoms with Crippen molar-refractivity contribution in [3.63, 3.8) is 0 Å². The van der Waals surface area contributed by atoms with Crippen molar-refractivity contribution in [1.29, 1.82) is 0 Å². The standard InChI is InChI=1S/C13H17NO4/c1-9(2)11(14-13(16)17)12(15)18-8-10-6-4-3-5-7-10/h3-7,9,11,14H,8H2,1-2H3,(H,16,17). The quantitative estimate of drug-likeness (QED) is 0.785. The van der Waals surface area contributed by atoms with Gasteiger partial charge in [-0.15, -0.1) is 0 Å². The monoisotopic (exact) mass is 251 g/mol. The van der Waals surface area contributed by atoms with Gasteiger partial charge in [0.15, 0.2) is 0 Å². The molecule has 0 aliphatic heterocycles. The van der Waals surface area contributed by atoms with Crippen LogP contribution in [0.1, 0.15) is 19.4 Å². The Labute approximate surface area is 106 Å². The molecule has 5 heteroatoms. The first kappa shape index (κ1) is 14.0. The Morgan fingerprint density at radius 3 is 2.39 bits per heavy atom. The van der Waals surface area contributed by atoms with Crippen LogP contribution in [0.3, 0.4) is 0 Å². The molecule has 0 bridgehead atoms. The Bertz CT molecular complexity index is 403. The molecule has 1 atom stereocenters. The smallest absolute Gasteiger partial charge is 0.405 e. The van der Waals surface area contributed by atoms with Crippen molar-refractivity contribution in [3.8, 4) is 0 Å². The summed E-state index contributed by atoms with van der Waals surface area (Å²) >= 11 is 0. The molecule has 0 aliphatic rings. The van der Waals surface area contributed by atoms with Crippen molar-refractivity contribution >= 4 is 12.1 Å². The maximum atomic E-state index is 11.7. The number of carbonyl (C=O) groups excluding carboxylic acids is 1. The minimum Gasteiger partial charge on any atom is -0.465 e. The lowest BCUT2D eigenvalue weighted by Crippen LogP contribution is -2.44. The summed E-state index contributed by atoms with van der Waals surface area (Å²) in [7, 11) is 0. The summed E-state index contributed by atoms with van der Waals surface area (Å²) < 4.78 is 5.09. The summed E-state index contributed by atoms with van der Waals surface area (Å²) in [5, 5.41) is 10.8. The summed E-state index contributed by atoms with van der Waals surface area (Å²) in [4.78, 5) is 22.3. The number of ether oxygens (including phenoxy) is 1. The predicted molar refractivity (Wildman–Crippen MR) is 66.0 cm³/mol. The highest BCUT2D eigenvalue weighted by atomic mass is 16.5. The second-order valence-electron chi connectivity index (χ2n) is 4.26. The Morgan fingerprint density at radius 2 is 1.89 bits per heavy atom. The molecule has 98 valence electrons. The molecule has 0 aromatic heterocycles. The summed E-state index contributed by atoms with van der Waals surface area (Å²) in [5.74, 6) is -0.722. The second kappa shape index (κ2) is 6.64. The fourth-order valence-corrected chi connectivity index (χ4v) is 1.45. The Balaban J connectivity index is 2.54. The van der Waals surface area contributed by atoms with Gasteiger partial charge in [0.1, 0.15) is 12.6 Å². The van der Waals surface area contributed by atoms with Crippen molar-refractivity contribution in [3.05, 3.63) is 35.9 Å². The molecule has 0 spiro atoms. The van der Waals surface area contributed by atoms with Gasteiger partial charge >= 0.3 is 12.1 Å². The van der Waals surface area contributed by atoms with Crippen LogP contribution >= 0.6 is 0 Å². The minimum absolute atomic E-state index is 0.143. The highest BCUT2D eigenvalue weighted by Gasteiger charge is 2.25. The molecule has 0 heterocycles. The summed E-state index contributed by atoms with van der Waals surface area (Å²) in [6, 6.07) is 8.39. The molecule has 0 radical (unpaired) electrons. The summed E-state index contributed by atoms with van der Waals surface area (Å²) in [6.45, 7) is 3.65. The maximum absolute atomic E-state index is 11.7. The fraction of sp³-hybridized carbons (Fsp3) is 0.385. The van der Waals surface area contributed by atoms with Gasteiger partial charge in [-0.1, -0.05) is 44.2 Å². The molecule has 0 saturated heterocycles. The van der Waals surface area contributed by atoms with Gasteiger partial charge in [0, 0.05) is 0 Å². The van der Waals surface area contributed by atoms with Gasteiger partial charge in [0.2, 0.25) is 0 Å². The van der Waals surface area contributed by atoms with Crippen molar-refractivity contribution < 1.29 is 19.4 Å². The van der Waals surface area contributed by atoms with Crippen LogP contribution in [-0.4, -0.2) is 23.2 Å². The largest absolute Gasteiger partial charge is 0.465 e. The van der Waals surface area contributed by atoms with Crippen LogP contribution in [0.4, 0.5) is 4.79 Å². The molecule has 0 saturated carbocycles. The van der Waals surface area contributed by atoms with Gasteiger partial charge in [-0.2, -0.15) is 0 Å². The van der Waals surface area contributed by atoms with Crippen LogP contribution in [0.25, 0.3) is 0 Å². The molecule has 18 heavy (non-hydrogen) atoms. The van der Waals surface area contributed by atoms with Crippen LogP contribution in [0.2, 0.25) is 0 Å². The van der Waals surface area contributed by atoms with E-state index in [9.17, 15) is 9.59 Å². The number of hydrogen-bond acceptors (Lipinski definition) is 3. The molecule has 1 aromatic rings. The van der Waals surface area contributed by atoms with Crippen molar-refractivity contribution in [2.75, 3.05) is 0 Å². The van der Waals surface area contributed by atoms with E-state index in [-0.39, 0.29) is 12.5 Å². The molecule has 0 fully saturated rings. The highest BCUT2D eigenvalue weighted by molar-refractivity contribution is 5.80. The van der Waals surface area contributed by atoms with Gasteiger partial charge in [-0.25, -0.2) is 9.59 Å². The van der Waals surface area contributed by atoms with Gasteiger partial charge in [0.25, 0.3) is 0 Å². The fourth-order valence-electron chi connectivity index (χ4n) is 1.45. The van der Waals surface area contributed by atoms with Crippen LogP contribution in [0.15, 0.2) is 30.3 Å². The Hall–Kier alpha value is -2.04. The molecule has 1 amide bonds. The lowest BCUT2D eigenvalue weighted by Gasteiger charge is -2.19. The first-order valence-electron chi connectivity index (χ1n) is 5.70. The van der Waals surface area contributed by atoms with Crippen molar-refractivity contribution in [2.45, 2.75) is 26.5 Å². The molecular formula is C13H17NO4. The van der Waals surface area contributed by atoms with Crippen molar-refractivity contribution in [1.82, 2.24) is 5.32 Å². The van der Waals surface area contributed by atoms with Crippen LogP contribution in [-0.2, 0) is 16.1 Å². The first-order valence-corrected chi connectivity index (χ1v) is 5.70. The number of carboxylic acid groups (broad SMARTS) is 1. The number of nitrogens with one attached hydrogen (secondary N) is 1. The number of amides is 1. The van der Waals surface area contributed by atoms with Crippen LogP contribution < -0.4 is 5.32 Å². The number of carbonyl (C=O) groups is 2. The van der Waals surface area contributed by atoms with E-state index in [1.807, 2.05) is 30.3 Å². The molecular weight excluding hydrogens is 234 g/mol. The number of benzene rings is 1. The molecule has 2 N–H and O–H groups in total. The molecule has 1 aromatic carbocycles. The van der Waals surface area contributed by atoms with Crippen molar-refractivity contribution in [2.24, 2.45) is 5.92 Å². The van der Waals surface area contributed by atoms with Gasteiger partial charge < -0.3 is 15.2 Å². The average molecular weight is 251 g/mol. The molecule has 5 nitrogen and oxygen atoms in total. The Morgan fingerprint density at radius 1 is 1.28 bits per heavy atom. The predicted octanol–water partition coefficient (Wildman–Crippen LogP) is 2.02. The third-order valence-corrected chi connectivity index (χ3v) is 2.42. The zero-order valence-corrected chi connectivity index (χ0v) is 10.4. The van der Waals surface area contributed by atoms with E-state index in [1.54, 1.807) is 13.8 Å². The summed E-state index contributed by atoms with van der Waals surface area (Å²) in [5.41, 5.74) is 0.865. The lowest BCUT2D eigenvalue weighted by atomic mass is 10.1. The van der Waals surface area contributed by atoms with Gasteiger partial charge in [0.05, 0.1) is 0 Å². The van der Waals surface area contributed by atoms with E-state index in [2.05, 4.69) is 5.32 Å². The maximum Gasteiger partial charge on any atom is 0.405 e. The van der Waals surface area contributed by atoms with Crippen LogP contribution in [0, 0.1) is 5.92 Å². The molecule has 1 rings (SSSR count). The first-order chi connectivity index (χ1) is 8.50. The van der Waals surface area contributed by atoms with Crippen LogP contribution in [0.5, 0.6) is 0 Å². The van der Waals surface area contributed by atoms with Gasteiger partial charge in [-0.05, 0) is 11.5 Å². The minimum atomic E-state index is -1.23. The third-order valence-electron chi connectivity index (χ3n) is 2.42. The normalized spacial score (nSPS) is 11.9. The number of rotatable bonds is 5. The average Bonchev–Trinajstić information content (AvgIpc) is 2.34. The van der Waals surface area contributed by atoms with E-state index in [1.165, 1.54) is 0 Å². The third kappa shape index (κ3) is 4.45. The van der Waals surface area contributed by atoms with E-state index in [0.717, 1.165) is 5.56 Å². The van der Waals surface area contributed by atoms with Gasteiger partial charge in [-0.3, -0.25) is 0 Å². The SMILES string of the molecule is CC(C)C(NC(=O)O)C(=O)OCc1ccccc1. The molecule has 1 unspecified atom stereocenters. The number of hydrogen-bond donors (Lipinski definition) is 2. The topological polar surface area (TPSA) is 75.6 Å². The van der Waals surface area contributed by atoms with E-state index in [4.69, 9.17) is 9.84 Å². The lowest BCUT2D eigenvalue weighted by molar-refractivity contribution is -0.148. The zero-order valence-electron chi connectivity index (χ0n) is 10.4. The highest BCUT2D eigenvalue weighted by Crippen LogP contribution is 2.07.